The number of carbonyl (C=O) groups is 1. The van der Waals surface area contributed by atoms with Crippen LogP contribution in [0.25, 0.3) is 0 Å². The van der Waals surface area contributed by atoms with E-state index >= 15 is 0 Å². The van der Waals surface area contributed by atoms with E-state index in [0.717, 1.165) is 17.4 Å². The van der Waals surface area contributed by atoms with Crippen LogP contribution in [0.15, 0.2) is 29.2 Å². The highest BCUT2D eigenvalue weighted by atomic mass is 32.2. The van der Waals surface area contributed by atoms with Crippen LogP contribution < -0.4 is 10.5 Å². The van der Waals surface area contributed by atoms with Gasteiger partial charge in [-0.3, -0.25) is 4.79 Å². The first kappa shape index (κ1) is 16.5. The minimum absolute atomic E-state index is 0.113. The second-order valence-corrected chi connectivity index (χ2v) is 8.49. The molecular weight excluding hydrogens is 312 g/mol. The molecule has 0 saturated heterocycles. The fourth-order valence-corrected chi connectivity index (χ4v) is 4.64. The third-order valence-corrected chi connectivity index (χ3v) is 6.25. The Morgan fingerprint density at radius 2 is 1.91 bits per heavy atom. The summed E-state index contributed by atoms with van der Waals surface area (Å²) in [6.45, 7) is 0.578. The van der Waals surface area contributed by atoms with Crippen molar-refractivity contribution in [1.29, 1.82) is 0 Å². The zero-order valence-corrected chi connectivity index (χ0v) is 14.0. The number of rotatable bonds is 6. The Morgan fingerprint density at radius 1 is 1.17 bits per heavy atom. The number of amides is 1. The van der Waals surface area contributed by atoms with Gasteiger partial charge in [-0.25, -0.2) is 13.6 Å². The molecule has 0 spiro atoms. The fourth-order valence-electron chi connectivity index (χ4n) is 4.13. The average molecular weight is 336 g/mol. The van der Waals surface area contributed by atoms with Crippen molar-refractivity contribution >= 4 is 15.9 Å². The number of hydrogen-bond acceptors (Lipinski definition) is 3. The first-order chi connectivity index (χ1) is 10.9. The second kappa shape index (κ2) is 6.61. The molecule has 3 N–H and O–H groups in total. The molecule has 1 aromatic rings. The normalized spacial score (nSPS) is 26.4. The molecule has 0 radical (unpaired) electrons. The first-order valence-corrected chi connectivity index (χ1v) is 9.85. The van der Waals surface area contributed by atoms with E-state index in [4.69, 9.17) is 5.14 Å². The summed E-state index contributed by atoms with van der Waals surface area (Å²) in [6.07, 6.45) is 6.57. The number of nitrogens with one attached hydrogen (secondary N) is 1. The Balaban J connectivity index is 1.41. The van der Waals surface area contributed by atoms with Gasteiger partial charge in [-0.1, -0.05) is 18.6 Å². The number of hydrogen-bond donors (Lipinski definition) is 2. The van der Waals surface area contributed by atoms with Gasteiger partial charge >= 0.3 is 0 Å². The third kappa shape index (κ3) is 4.12. The summed E-state index contributed by atoms with van der Waals surface area (Å²) in [5, 5.41) is 8.05. The monoisotopic (exact) mass is 336 g/mol. The molecule has 0 heterocycles. The molecule has 2 saturated carbocycles. The topological polar surface area (TPSA) is 89.3 Å². The van der Waals surface area contributed by atoms with Crippen LogP contribution in [0.3, 0.4) is 0 Å². The van der Waals surface area contributed by atoms with Gasteiger partial charge in [0.15, 0.2) is 0 Å². The molecule has 0 aliphatic heterocycles. The number of fused-ring (bicyclic) bond motifs is 2. The van der Waals surface area contributed by atoms with Gasteiger partial charge in [0.2, 0.25) is 15.9 Å². The number of sulfonamides is 1. The Labute approximate surface area is 137 Å². The summed E-state index contributed by atoms with van der Waals surface area (Å²) in [5.74, 6) is 2.37. The van der Waals surface area contributed by atoms with Crippen LogP contribution in [0.1, 0.15) is 37.7 Å². The number of carbonyl (C=O) groups excluding carboxylic acids is 1. The van der Waals surface area contributed by atoms with Crippen molar-refractivity contribution in [1.82, 2.24) is 5.32 Å². The fraction of sp³-hybridized carbons (Fsp3) is 0.588. The second-order valence-electron chi connectivity index (χ2n) is 6.93. The lowest BCUT2D eigenvalue weighted by Gasteiger charge is -2.20. The van der Waals surface area contributed by atoms with E-state index in [1.165, 1.54) is 37.8 Å². The van der Waals surface area contributed by atoms with E-state index < -0.39 is 10.0 Å². The molecule has 1 amide bonds. The SMILES string of the molecule is NS(=O)(=O)c1ccc(CCNC(=O)C[C@H]2C[C@H]3CC[C@@H]2C3)cc1. The van der Waals surface area contributed by atoms with Crippen molar-refractivity contribution in [2.24, 2.45) is 22.9 Å². The van der Waals surface area contributed by atoms with Crippen LogP contribution in [0.4, 0.5) is 0 Å². The molecule has 2 fully saturated rings. The number of nitrogens with two attached hydrogens (primary N) is 1. The Kier molecular flexibility index (Phi) is 4.73. The molecular formula is C17H24N2O3S. The summed E-state index contributed by atoms with van der Waals surface area (Å²) in [5.41, 5.74) is 0.984. The lowest BCUT2D eigenvalue weighted by Crippen LogP contribution is -2.29. The van der Waals surface area contributed by atoms with E-state index in [0.29, 0.717) is 25.3 Å². The molecule has 5 nitrogen and oxygen atoms in total. The van der Waals surface area contributed by atoms with Crippen LogP contribution in [0, 0.1) is 17.8 Å². The Morgan fingerprint density at radius 3 is 2.48 bits per heavy atom. The largest absolute Gasteiger partial charge is 0.356 e. The Hall–Kier alpha value is -1.40. The van der Waals surface area contributed by atoms with Gasteiger partial charge < -0.3 is 5.32 Å². The molecule has 2 aliphatic rings. The smallest absolute Gasteiger partial charge is 0.238 e. The maximum Gasteiger partial charge on any atom is 0.238 e. The number of benzene rings is 1. The molecule has 0 aromatic heterocycles. The van der Waals surface area contributed by atoms with Crippen LogP contribution >= 0.6 is 0 Å². The van der Waals surface area contributed by atoms with E-state index in [9.17, 15) is 13.2 Å². The van der Waals surface area contributed by atoms with Crippen LogP contribution in [0.5, 0.6) is 0 Å². The molecule has 2 aliphatic carbocycles. The third-order valence-electron chi connectivity index (χ3n) is 5.32. The minimum Gasteiger partial charge on any atom is -0.356 e. The van der Waals surface area contributed by atoms with Gasteiger partial charge in [-0.2, -0.15) is 0 Å². The standard InChI is InChI=1S/C17H24N2O3S/c18-23(21,22)16-5-2-12(3-6-16)7-8-19-17(20)11-15-10-13-1-4-14(15)9-13/h2-3,5-6,13-15H,1,4,7-11H2,(H,19,20)(H2,18,21,22)/t13-,14+,15+/m0/s1. The molecule has 2 bridgehead atoms. The van der Waals surface area contributed by atoms with Crippen molar-refractivity contribution in [3.05, 3.63) is 29.8 Å². The lowest BCUT2D eigenvalue weighted by molar-refractivity contribution is -0.122. The average Bonchev–Trinajstić information content (AvgIpc) is 3.09. The minimum atomic E-state index is -3.64. The number of primary sulfonamides is 1. The maximum absolute atomic E-state index is 12.0. The summed E-state index contributed by atoms with van der Waals surface area (Å²) in [4.78, 5) is 12.2. The van der Waals surface area contributed by atoms with Gasteiger partial charge in [-0.05, 0) is 61.1 Å². The predicted octanol–water partition coefficient (Wildman–Crippen LogP) is 1.82. The van der Waals surface area contributed by atoms with Crippen molar-refractivity contribution in [3.8, 4) is 0 Å². The summed E-state index contributed by atoms with van der Waals surface area (Å²) in [6, 6.07) is 6.48. The highest BCUT2D eigenvalue weighted by molar-refractivity contribution is 7.89. The zero-order chi connectivity index (χ0) is 16.4. The first-order valence-electron chi connectivity index (χ1n) is 8.30. The van der Waals surface area contributed by atoms with Crippen LogP contribution in [-0.2, 0) is 21.2 Å². The van der Waals surface area contributed by atoms with E-state index in [2.05, 4.69) is 5.32 Å². The highest BCUT2D eigenvalue weighted by Gasteiger charge is 2.39. The predicted molar refractivity (Wildman–Crippen MR) is 88.1 cm³/mol. The quantitative estimate of drug-likeness (QED) is 0.830. The van der Waals surface area contributed by atoms with E-state index in [1.54, 1.807) is 12.1 Å². The zero-order valence-electron chi connectivity index (χ0n) is 13.2. The van der Waals surface area contributed by atoms with E-state index in [-0.39, 0.29) is 10.8 Å². The van der Waals surface area contributed by atoms with Crippen molar-refractivity contribution in [2.45, 2.75) is 43.4 Å². The summed E-state index contributed by atoms with van der Waals surface area (Å²) >= 11 is 0. The van der Waals surface area contributed by atoms with Gasteiger partial charge in [0.1, 0.15) is 0 Å². The molecule has 1 aromatic carbocycles. The Bertz CT molecular complexity index is 670. The molecule has 126 valence electrons. The summed E-state index contributed by atoms with van der Waals surface area (Å²) in [7, 11) is -3.64. The van der Waals surface area contributed by atoms with Crippen molar-refractivity contribution < 1.29 is 13.2 Å². The summed E-state index contributed by atoms with van der Waals surface area (Å²) < 4.78 is 22.4. The van der Waals surface area contributed by atoms with Gasteiger partial charge in [0, 0.05) is 13.0 Å². The molecule has 6 heteroatoms. The van der Waals surface area contributed by atoms with Crippen molar-refractivity contribution in [2.75, 3.05) is 6.54 Å². The molecule has 3 atom stereocenters. The van der Waals surface area contributed by atoms with Crippen LogP contribution in [-0.4, -0.2) is 20.9 Å². The van der Waals surface area contributed by atoms with Gasteiger partial charge in [-0.15, -0.1) is 0 Å². The highest BCUT2D eigenvalue weighted by Crippen LogP contribution is 2.49. The van der Waals surface area contributed by atoms with Gasteiger partial charge in [0.05, 0.1) is 4.90 Å². The van der Waals surface area contributed by atoms with Gasteiger partial charge in [0.25, 0.3) is 0 Å². The van der Waals surface area contributed by atoms with E-state index in [1.807, 2.05) is 0 Å². The van der Waals surface area contributed by atoms with Crippen LogP contribution in [0.2, 0.25) is 0 Å². The maximum atomic E-state index is 12.0. The molecule has 0 unspecified atom stereocenters. The lowest BCUT2D eigenvalue weighted by atomic mass is 9.86. The molecule has 3 rings (SSSR count). The van der Waals surface area contributed by atoms with Crippen molar-refractivity contribution in [3.63, 3.8) is 0 Å². The molecule has 23 heavy (non-hydrogen) atoms.